The molecule has 0 rings (SSSR count). The quantitative estimate of drug-likeness (QED) is 0.128. The third kappa shape index (κ3) is 3210. The van der Waals surface area contributed by atoms with Crippen LogP contribution in [0.25, 0.3) is 0 Å². The lowest BCUT2D eigenvalue weighted by molar-refractivity contribution is -0.849. The van der Waals surface area contributed by atoms with Gasteiger partial charge in [-0.3, -0.25) is 7.32 Å². The predicted molar refractivity (Wildman–Crippen MR) is 193 cm³/mol. The Morgan fingerprint density at radius 3 is 0.275 bits per heavy atom. The maximum atomic E-state index is 8.93. The SMILES string of the molecule is C[N+](C)(C)C.C[N+](C)(C)C.C[N+](C)(C)C.C[N+](C)(C)C.C[N+](C)(C)C.C[N+](C)(C)C.C[N+](C)(C)C.O=C([O-])C(=O)[O-].O=C([O-])C(=O)[O-].[O-]B([O-])[O-]. The predicted octanol–water partition coefficient (Wildman–Crippen LogP) is -8.72. The van der Waals surface area contributed by atoms with Gasteiger partial charge in [-0.25, -0.2) is 0 Å². The Labute approximate surface area is 314 Å². The zero-order chi connectivity index (χ0) is 45.4. The van der Waals surface area contributed by atoms with E-state index in [0.29, 0.717) is 0 Å². The summed E-state index contributed by atoms with van der Waals surface area (Å²) in [6.45, 7) is 0. The number of carboxylic acids is 4. The number of carbonyl (C=O) groups is 4. The van der Waals surface area contributed by atoms with Crippen LogP contribution in [-0.4, -0.2) is 260 Å². The molecule has 316 valence electrons. The average molecular weight is 754 g/mol. The molecule has 0 amide bonds. The van der Waals surface area contributed by atoms with E-state index >= 15 is 0 Å². The smallest absolute Gasteiger partial charge is 0.0870 e. The van der Waals surface area contributed by atoms with E-state index in [1.54, 1.807) is 0 Å². The van der Waals surface area contributed by atoms with Crippen LogP contribution in [0.5, 0.6) is 0 Å². The second-order valence-electron chi connectivity index (χ2n) is 20.2. The molecule has 0 bridgehead atoms. The lowest BCUT2D eigenvalue weighted by atomic mass is 10.3. The van der Waals surface area contributed by atoms with Gasteiger partial charge in [0, 0.05) is 0 Å². The van der Waals surface area contributed by atoms with Crippen molar-refractivity contribution in [1.29, 1.82) is 0 Å². The maximum Gasteiger partial charge on any atom is 0.0870 e. The number of rotatable bonds is 0. The molecule has 0 aliphatic heterocycles. The van der Waals surface area contributed by atoms with Gasteiger partial charge in [-0.1, -0.05) is 0 Å². The summed E-state index contributed by atoms with van der Waals surface area (Å²) in [7, 11) is 56.6. The van der Waals surface area contributed by atoms with E-state index in [2.05, 4.69) is 197 Å². The van der Waals surface area contributed by atoms with E-state index in [1.165, 1.54) is 0 Å². The van der Waals surface area contributed by atoms with E-state index in [-0.39, 0.29) is 0 Å². The van der Waals surface area contributed by atoms with Crippen LogP contribution in [0.1, 0.15) is 0 Å². The van der Waals surface area contributed by atoms with E-state index < -0.39 is 31.2 Å². The van der Waals surface area contributed by atoms with Gasteiger partial charge in [-0.05, 0) is 0 Å². The standard InChI is InChI=1S/7C4H12N.2C2H2O4.BO3/c7*1-5(2,3)4;2*3-1(4)2(5)6;2-1(3)4/h7*1-4H3;2*(H,3,4)(H,5,6);/q7*+1;;;-3/p-4. The molecule has 19 heteroatoms. The largest absolute Gasteiger partial charge is 0.907 e. The second-order valence-corrected chi connectivity index (χ2v) is 20.2. The summed E-state index contributed by atoms with van der Waals surface area (Å²) in [6.07, 6.45) is 0. The summed E-state index contributed by atoms with van der Waals surface area (Å²) in [6, 6.07) is 0. The molecule has 0 atom stereocenters. The Morgan fingerprint density at radius 1 is 0.255 bits per heavy atom. The van der Waals surface area contributed by atoms with Crippen molar-refractivity contribution in [3.05, 3.63) is 0 Å². The number of carbonyl (C=O) groups excluding carboxylic acids is 4. The fourth-order valence-electron chi connectivity index (χ4n) is 0. The van der Waals surface area contributed by atoms with Crippen molar-refractivity contribution >= 4 is 31.2 Å². The van der Waals surface area contributed by atoms with Gasteiger partial charge >= 0.3 is 0 Å². The summed E-state index contributed by atoms with van der Waals surface area (Å²) in [4.78, 5) is 35.7. The van der Waals surface area contributed by atoms with Crippen LogP contribution in [0, 0.1) is 0 Å². The molecule has 0 saturated heterocycles. The van der Waals surface area contributed by atoms with Crippen molar-refractivity contribution in [3.8, 4) is 0 Å². The second kappa shape index (κ2) is 34.6. The molecule has 51 heavy (non-hydrogen) atoms. The van der Waals surface area contributed by atoms with Crippen LogP contribution in [-0.2, 0) is 19.2 Å². The first-order chi connectivity index (χ1) is 21.0. The Morgan fingerprint density at radius 2 is 0.275 bits per heavy atom. The average Bonchev–Trinajstić information content (AvgIpc) is 2.57. The van der Waals surface area contributed by atoms with Crippen LogP contribution in [0.3, 0.4) is 0 Å². The van der Waals surface area contributed by atoms with Crippen LogP contribution in [0.15, 0.2) is 0 Å². The first kappa shape index (κ1) is 73.9. The Hall–Kier alpha value is -2.46. The first-order valence-electron chi connectivity index (χ1n) is 15.4. The minimum atomic E-state index is -2.92. The molecule has 0 aliphatic rings. The number of hydrogen-bond donors (Lipinski definition) is 0. The van der Waals surface area contributed by atoms with Crippen molar-refractivity contribution < 1.29 is 86.1 Å². The van der Waals surface area contributed by atoms with E-state index in [4.69, 9.17) is 54.7 Å². The third-order valence-corrected chi connectivity index (χ3v) is 0.333. The van der Waals surface area contributed by atoms with Gasteiger partial charge < -0.3 is 86.1 Å². The topological polar surface area (TPSA) is 230 Å². The Kier molecular flexibility index (Phi) is 50.1. The Balaban J connectivity index is -0.0000000459. The minimum Gasteiger partial charge on any atom is -0.907 e. The number of carboxylic acid groups (broad SMARTS) is 4. The summed E-state index contributed by atoms with van der Waals surface area (Å²) in [5, 5.41) is 61.0. The molecule has 0 aromatic heterocycles. The lowest BCUT2D eigenvalue weighted by Gasteiger charge is -2.35. The molecular formula is C32H84BN7O11. The first-order valence-corrected chi connectivity index (χ1v) is 15.4. The maximum absolute atomic E-state index is 8.93. The Bertz CT molecular complexity index is 619. The van der Waals surface area contributed by atoms with Gasteiger partial charge in [0.05, 0.1) is 221 Å². The van der Waals surface area contributed by atoms with Crippen LogP contribution in [0.2, 0.25) is 0 Å². The molecule has 0 unspecified atom stereocenters. The van der Waals surface area contributed by atoms with E-state index in [0.717, 1.165) is 31.4 Å². The molecule has 0 radical (unpaired) electrons. The molecule has 0 fully saturated rings. The number of quaternary nitrogens is 7. The van der Waals surface area contributed by atoms with Crippen LogP contribution < -0.4 is 35.5 Å². The molecule has 0 aromatic rings. The van der Waals surface area contributed by atoms with Gasteiger partial charge in [0.15, 0.2) is 0 Å². The fraction of sp³-hybridized carbons (Fsp3) is 0.875. The molecule has 0 N–H and O–H groups in total. The molecule has 18 nitrogen and oxygen atoms in total. The van der Waals surface area contributed by atoms with Crippen molar-refractivity contribution in [2.24, 2.45) is 0 Å². The van der Waals surface area contributed by atoms with Crippen molar-refractivity contribution in [2.45, 2.75) is 0 Å². The summed E-state index contributed by atoms with van der Waals surface area (Å²) in [5.74, 6) is -8.74. The number of hydrogen-bond acceptors (Lipinski definition) is 11. The summed E-state index contributed by atoms with van der Waals surface area (Å²) in [5.41, 5.74) is 0. The zero-order valence-corrected chi connectivity index (χ0v) is 38.2. The van der Waals surface area contributed by atoms with Crippen molar-refractivity contribution in [2.75, 3.05) is 197 Å². The highest BCUT2D eigenvalue weighted by Gasteiger charge is 1.91. The van der Waals surface area contributed by atoms with Gasteiger partial charge in [0.2, 0.25) is 0 Å². The molecular weight excluding hydrogens is 669 g/mol. The highest BCUT2D eigenvalue weighted by molar-refractivity contribution is 6.25. The summed E-state index contributed by atoms with van der Waals surface area (Å²) < 4.78 is 7.00. The molecule has 0 aromatic carbocycles. The normalized spacial score (nSPS) is 10.5. The van der Waals surface area contributed by atoms with E-state index in [9.17, 15) is 0 Å². The lowest BCUT2D eigenvalue weighted by Crippen LogP contribution is -2.56. The summed E-state index contributed by atoms with van der Waals surface area (Å²) >= 11 is 0. The van der Waals surface area contributed by atoms with Crippen LogP contribution >= 0.6 is 0 Å². The van der Waals surface area contributed by atoms with Crippen molar-refractivity contribution in [1.82, 2.24) is 0 Å². The number of aliphatic carboxylic acids is 4. The zero-order valence-electron chi connectivity index (χ0n) is 38.2. The molecule has 0 saturated carbocycles. The van der Waals surface area contributed by atoms with Gasteiger partial charge in [0.1, 0.15) is 0 Å². The monoisotopic (exact) mass is 754 g/mol. The van der Waals surface area contributed by atoms with E-state index in [1.807, 2.05) is 0 Å². The van der Waals surface area contributed by atoms with Gasteiger partial charge in [-0.2, -0.15) is 0 Å². The highest BCUT2D eigenvalue weighted by atomic mass is 16.5. The number of nitrogens with zero attached hydrogens (tertiary/aromatic N) is 7. The van der Waals surface area contributed by atoms with Gasteiger partial charge in [0.25, 0.3) is 0 Å². The molecule has 0 spiro atoms. The molecule has 0 heterocycles. The highest BCUT2D eigenvalue weighted by Crippen LogP contribution is 1.76. The minimum absolute atomic E-state index is 1.00. The molecule has 0 aliphatic carbocycles. The third-order valence-electron chi connectivity index (χ3n) is 0.333. The van der Waals surface area contributed by atoms with Crippen LogP contribution in [0.4, 0.5) is 0 Å². The van der Waals surface area contributed by atoms with Gasteiger partial charge in [-0.15, -0.1) is 0 Å². The fourth-order valence-corrected chi connectivity index (χ4v) is 0. The van der Waals surface area contributed by atoms with Crippen molar-refractivity contribution in [3.63, 3.8) is 0 Å².